The molecule has 0 aromatic rings. The highest BCUT2D eigenvalue weighted by atomic mass is 16.5. The molecular weight excluding hydrogens is 222 g/mol. The third-order valence-electron chi connectivity index (χ3n) is 2.96. The van der Waals surface area contributed by atoms with Gasteiger partial charge in [-0.3, -0.25) is 9.59 Å². The number of amides is 1. The lowest BCUT2D eigenvalue weighted by molar-refractivity contribution is -0.144. The lowest BCUT2D eigenvalue weighted by atomic mass is 10.2. The fourth-order valence-electron chi connectivity index (χ4n) is 2.10. The molecule has 1 N–H and O–H groups in total. The van der Waals surface area contributed by atoms with Crippen molar-refractivity contribution < 1.29 is 19.1 Å². The number of rotatable bonds is 6. The zero-order valence-electron chi connectivity index (χ0n) is 10.5. The Morgan fingerprint density at radius 3 is 2.71 bits per heavy atom. The minimum atomic E-state index is -0.322. The molecule has 1 aliphatic rings. The fraction of sp³-hybridized carbons (Fsp3) is 0.833. The molecule has 17 heavy (non-hydrogen) atoms. The van der Waals surface area contributed by atoms with Gasteiger partial charge in [0.25, 0.3) is 0 Å². The van der Waals surface area contributed by atoms with Crippen LogP contribution in [0.15, 0.2) is 0 Å². The van der Waals surface area contributed by atoms with Crippen LogP contribution < -0.4 is 5.32 Å². The largest absolute Gasteiger partial charge is 0.466 e. The Morgan fingerprint density at radius 1 is 1.29 bits per heavy atom. The van der Waals surface area contributed by atoms with E-state index in [0.717, 1.165) is 19.3 Å². The highest BCUT2D eigenvalue weighted by molar-refractivity contribution is 5.81. The number of hydrogen-bond acceptors (Lipinski definition) is 4. The maximum atomic E-state index is 11.6. The smallest absolute Gasteiger partial charge is 0.306 e. The van der Waals surface area contributed by atoms with Crippen molar-refractivity contribution >= 4 is 11.9 Å². The van der Waals surface area contributed by atoms with Gasteiger partial charge in [0.05, 0.1) is 25.2 Å². The van der Waals surface area contributed by atoms with Gasteiger partial charge >= 0.3 is 5.97 Å². The van der Waals surface area contributed by atoms with Gasteiger partial charge in [0.2, 0.25) is 5.91 Å². The number of methoxy groups -OCH3 is 1. The summed E-state index contributed by atoms with van der Waals surface area (Å²) < 4.78 is 10.0. The van der Waals surface area contributed by atoms with Gasteiger partial charge < -0.3 is 14.8 Å². The molecule has 0 saturated heterocycles. The maximum Gasteiger partial charge on any atom is 0.306 e. The second kappa shape index (κ2) is 7.27. The Kier molecular flexibility index (Phi) is 5.97. The molecule has 0 aliphatic heterocycles. The number of esters is 1. The average molecular weight is 243 g/mol. The van der Waals surface area contributed by atoms with Crippen molar-refractivity contribution in [1.29, 1.82) is 0 Å². The molecule has 1 saturated carbocycles. The van der Waals surface area contributed by atoms with E-state index in [1.54, 1.807) is 14.0 Å². The lowest BCUT2D eigenvalue weighted by Crippen LogP contribution is -2.40. The summed E-state index contributed by atoms with van der Waals surface area (Å²) in [5, 5.41) is 2.91. The second-order valence-corrected chi connectivity index (χ2v) is 4.18. The predicted octanol–water partition coefficient (Wildman–Crippen LogP) is 1.01. The molecule has 1 amide bonds. The Hall–Kier alpha value is -1.10. The number of carbonyl (C=O) groups is 2. The number of hydrogen-bond donors (Lipinski definition) is 1. The molecule has 0 spiro atoms. The summed E-state index contributed by atoms with van der Waals surface area (Å²) in [5.41, 5.74) is 0. The minimum Gasteiger partial charge on any atom is -0.466 e. The van der Waals surface area contributed by atoms with Crippen LogP contribution in [0.3, 0.4) is 0 Å². The first kappa shape index (κ1) is 14.0. The standard InChI is InChI=1S/C12H21NO4/c1-3-17-12(15)8-7-11(14)13-9-5-4-6-10(9)16-2/h9-10H,3-8H2,1-2H3,(H,13,14). The molecular formula is C12H21NO4. The lowest BCUT2D eigenvalue weighted by Gasteiger charge is -2.19. The van der Waals surface area contributed by atoms with Gasteiger partial charge in [0, 0.05) is 13.5 Å². The third-order valence-corrected chi connectivity index (χ3v) is 2.96. The van der Waals surface area contributed by atoms with Crippen molar-refractivity contribution in [3.05, 3.63) is 0 Å². The average Bonchev–Trinajstić information content (AvgIpc) is 2.74. The van der Waals surface area contributed by atoms with E-state index in [4.69, 9.17) is 9.47 Å². The first-order valence-corrected chi connectivity index (χ1v) is 6.15. The van der Waals surface area contributed by atoms with Crippen molar-refractivity contribution in [2.75, 3.05) is 13.7 Å². The van der Waals surface area contributed by atoms with Crippen molar-refractivity contribution in [2.45, 2.75) is 51.2 Å². The molecule has 0 aromatic carbocycles. The Morgan fingerprint density at radius 2 is 2.06 bits per heavy atom. The third kappa shape index (κ3) is 4.73. The molecule has 0 bridgehead atoms. The van der Waals surface area contributed by atoms with E-state index >= 15 is 0 Å². The van der Waals surface area contributed by atoms with Crippen molar-refractivity contribution in [1.82, 2.24) is 5.32 Å². The molecule has 0 heterocycles. The molecule has 5 nitrogen and oxygen atoms in total. The first-order valence-electron chi connectivity index (χ1n) is 6.15. The van der Waals surface area contributed by atoms with Crippen LogP contribution in [-0.2, 0) is 19.1 Å². The molecule has 5 heteroatoms. The summed E-state index contributed by atoms with van der Waals surface area (Å²) in [6.07, 6.45) is 3.45. The summed E-state index contributed by atoms with van der Waals surface area (Å²) in [6.45, 7) is 2.11. The molecule has 0 radical (unpaired) electrons. The zero-order chi connectivity index (χ0) is 12.7. The Balaban J connectivity index is 2.22. The van der Waals surface area contributed by atoms with Gasteiger partial charge in [0.15, 0.2) is 0 Å². The van der Waals surface area contributed by atoms with E-state index in [1.165, 1.54) is 0 Å². The molecule has 1 fully saturated rings. The van der Waals surface area contributed by atoms with E-state index in [9.17, 15) is 9.59 Å². The molecule has 2 unspecified atom stereocenters. The molecule has 2 atom stereocenters. The first-order chi connectivity index (χ1) is 8.17. The summed E-state index contributed by atoms with van der Waals surface area (Å²) in [4.78, 5) is 22.7. The SMILES string of the molecule is CCOC(=O)CCC(=O)NC1CCCC1OC. The number of nitrogens with one attached hydrogen (secondary N) is 1. The minimum absolute atomic E-state index is 0.0923. The number of carbonyl (C=O) groups excluding carboxylic acids is 2. The van der Waals surface area contributed by atoms with Crippen LogP contribution in [0.2, 0.25) is 0 Å². The van der Waals surface area contributed by atoms with E-state index < -0.39 is 0 Å². The van der Waals surface area contributed by atoms with Crippen LogP contribution in [0.5, 0.6) is 0 Å². The Labute approximate surface area is 102 Å². The summed E-state index contributed by atoms with van der Waals surface area (Å²) >= 11 is 0. The zero-order valence-corrected chi connectivity index (χ0v) is 10.5. The topological polar surface area (TPSA) is 64.6 Å². The van der Waals surface area contributed by atoms with Gasteiger partial charge in [-0.15, -0.1) is 0 Å². The van der Waals surface area contributed by atoms with E-state index in [1.807, 2.05) is 0 Å². The van der Waals surface area contributed by atoms with Crippen molar-refractivity contribution in [3.63, 3.8) is 0 Å². The van der Waals surface area contributed by atoms with E-state index in [-0.39, 0.29) is 36.9 Å². The number of ether oxygens (including phenoxy) is 2. The van der Waals surface area contributed by atoms with E-state index in [2.05, 4.69) is 5.32 Å². The van der Waals surface area contributed by atoms with Gasteiger partial charge in [0.1, 0.15) is 0 Å². The summed E-state index contributed by atoms with van der Waals surface area (Å²) in [5.74, 6) is -0.427. The van der Waals surface area contributed by atoms with E-state index in [0.29, 0.717) is 6.61 Å². The van der Waals surface area contributed by atoms with Crippen LogP contribution in [0.1, 0.15) is 39.0 Å². The van der Waals surface area contributed by atoms with Gasteiger partial charge in [-0.05, 0) is 26.2 Å². The van der Waals surface area contributed by atoms with Gasteiger partial charge in [-0.1, -0.05) is 0 Å². The Bertz CT molecular complexity index is 267. The van der Waals surface area contributed by atoms with Crippen molar-refractivity contribution in [2.24, 2.45) is 0 Å². The highest BCUT2D eigenvalue weighted by Gasteiger charge is 2.28. The van der Waals surface area contributed by atoms with Gasteiger partial charge in [-0.25, -0.2) is 0 Å². The summed E-state index contributed by atoms with van der Waals surface area (Å²) in [7, 11) is 1.66. The summed E-state index contributed by atoms with van der Waals surface area (Å²) in [6, 6.07) is 0.0923. The van der Waals surface area contributed by atoms with Crippen LogP contribution >= 0.6 is 0 Å². The van der Waals surface area contributed by atoms with Crippen LogP contribution in [0.4, 0.5) is 0 Å². The van der Waals surface area contributed by atoms with Crippen molar-refractivity contribution in [3.8, 4) is 0 Å². The molecule has 0 aromatic heterocycles. The molecule has 1 rings (SSSR count). The highest BCUT2D eigenvalue weighted by Crippen LogP contribution is 2.21. The van der Waals surface area contributed by atoms with Gasteiger partial charge in [-0.2, -0.15) is 0 Å². The maximum absolute atomic E-state index is 11.6. The van der Waals surface area contributed by atoms with Crippen LogP contribution in [0, 0.1) is 0 Å². The van der Waals surface area contributed by atoms with Crippen LogP contribution in [0.25, 0.3) is 0 Å². The predicted molar refractivity (Wildman–Crippen MR) is 62.4 cm³/mol. The molecule has 98 valence electrons. The molecule has 1 aliphatic carbocycles. The fourth-order valence-corrected chi connectivity index (χ4v) is 2.10. The monoisotopic (exact) mass is 243 g/mol. The second-order valence-electron chi connectivity index (χ2n) is 4.18. The quantitative estimate of drug-likeness (QED) is 0.707. The normalized spacial score (nSPS) is 23.4. The van der Waals surface area contributed by atoms with Crippen LogP contribution in [-0.4, -0.2) is 37.7 Å².